The zero-order chi connectivity index (χ0) is 11.2. The molecule has 0 saturated heterocycles. The Balaban J connectivity index is 0.00000144. The van der Waals surface area contributed by atoms with Gasteiger partial charge in [-0.05, 0) is 49.3 Å². The van der Waals surface area contributed by atoms with Crippen molar-refractivity contribution in [1.82, 2.24) is 0 Å². The summed E-state index contributed by atoms with van der Waals surface area (Å²) in [5.74, 6) is 1.65. The monoisotopic (exact) mass is 217 g/mol. The van der Waals surface area contributed by atoms with E-state index in [1.54, 1.807) is 12.1 Å². The zero-order valence-electron chi connectivity index (χ0n) is 8.85. The first kappa shape index (κ1) is 10.5. The molecule has 1 amide bonds. The van der Waals surface area contributed by atoms with Gasteiger partial charge in [0, 0.05) is 7.11 Å². The van der Waals surface area contributed by atoms with Gasteiger partial charge in [-0.2, -0.15) is 0 Å². The molecule has 1 aliphatic rings. The first-order chi connectivity index (χ1) is 7.88. The fourth-order valence-electron chi connectivity index (χ4n) is 1.49. The van der Waals surface area contributed by atoms with Gasteiger partial charge in [-0.3, -0.25) is 4.79 Å². The molecule has 1 N–H and O–H groups in total. The third-order valence-corrected chi connectivity index (χ3v) is 2.28. The molecule has 0 radical (unpaired) electrons. The molecule has 0 bridgehead atoms. The van der Waals surface area contributed by atoms with E-state index < -0.39 is 0 Å². The van der Waals surface area contributed by atoms with E-state index in [0.717, 1.165) is 30.0 Å². The van der Waals surface area contributed by atoms with Gasteiger partial charge in [0.25, 0.3) is 0 Å². The standard InChI is InChI=1S/C13H13NO2.H2/c15-10-14-11-6-8-13(9-7-11)16-12-4-2-1-3-5-12;/h2,4-10H,1,3H2,(H,14,15);1H. The van der Waals surface area contributed by atoms with Crippen molar-refractivity contribution in [2.75, 3.05) is 5.32 Å². The van der Waals surface area contributed by atoms with Crippen molar-refractivity contribution in [2.45, 2.75) is 12.8 Å². The van der Waals surface area contributed by atoms with Crippen LogP contribution in [0.5, 0.6) is 5.75 Å². The maximum Gasteiger partial charge on any atom is 0.211 e. The molecule has 84 valence electrons. The molecule has 1 aromatic carbocycles. The topological polar surface area (TPSA) is 38.3 Å². The van der Waals surface area contributed by atoms with Crippen molar-refractivity contribution >= 4 is 12.1 Å². The minimum Gasteiger partial charge on any atom is -0.458 e. The maximum absolute atomic E-state index is 10.2. The fraction of sp³-hybridized carbons (Fsp3) is 0.154. The average molecular weight is 217 g/mol. The third kappa shape index (κ3) is 2.73. The summed E-state index contributed by atoms with van der Waals surface area (Å²) in [5.41, 5.74) is 0.760. The highest BCUT2D eigenvalue weighted by molar-refractivity contribution is 5.71. The van der Waals surface area contributed by atoms with Crippen LogP contribution in [0, 0.1) is 0 Å². The molecular formula is C13H15NO2. The molecule has 0 unspecified atom stereocenters. The van der Waals surface area contributed by atoms with Crippen molar-refractivity contribution in [3.63, 3.8) is 0 Å². The molecule has 2 rings (SSSR count). The highest BCUT2D eigenvalue weighted by atomic mass is 16.5. The number of hydrogen-bond acceptors (Lipinski definition) is 2. The largest absolute Gasteiger partial charge is 0.458 e. The summed E-state index contributed by atoms with van der Waals surface area (Å²) in [5, 5.41) is 2.57. The molecule has 0 heterocycles. The van der Waals surface area contributed by atoms with E-state index in [0.29, 0.717) is 6.41 Å². The predicted molar refractivity (Wildman–Crippen MR) is 65.3 cm³/mol. The number of rotatable bonds is 4. The van der Waals surface area contributed by atoms with Crippen LogP contribution in [0.4, 0.5) is 5.69 Å². The highest BCUT2D eigenvalue weighted by Crippen LogP contribution is 2.19. The van der Waals surface area contributed by atoms with E-state index in [2.05, 4.69) is 17.5 Å². The molecule has 16 heavy (non-hydrogen) atoms. The van der Waals surface area contributed by atoms with Crippen LogP contribution < -0.4 is 10.1 Å². The lowest BCUT2D eigenvalue weighted by Gasteiger charge is -2.09. The van der Waals surface area contributed by atoms with Crippen LogP contribution in [-0.4, -0.2) is 6.41 Å². The number of nitrogens with one attached hydrogen (secondary N) is 1. The van der Waals surface area contributed by atoms with Crippen LogP contribution >= 0.6 is 0 Å². The number of allylic oxidation sites excluding steroid dienone is 3. The molecule has 1 aliphatic carbocycles. The van der Waals surface area contributed by atoms with Crippen molar-refractivity contribution in [3.8, 4) is 5.75 Å². The van der Waals surface area contributed by atoms with Crippen LogP contribution in [0.1, 0.15) is 14.3 Å². The number of carbonyl (C=O) groups is 1. The summed E-state index contributed by atoms with van der Waals surface area (Å²) in [6.45, 7) is 0. The van der Waals surface area contributed by atoms with E-state index in [-0.39, 0.29) is 1.43 Å². The fourth-order valence-corrected chi connectivity index (χ4v) is 1.49. The van der Waals surface area contributed by atoms with E-state index in [9.17, 15) is 4.79 Å². The van der Waals surface area contributed by atoms with Crippen LogP contribution in [0.15, 0.2) is 48.3 Å². The second kappa shape index (κ2) is 5.16. The lowest BCUT2D eigenvalue weighted by atomic mass is 10.2. The first-order valence-electron chi connectivity index (χ1n) is 5.23. The number of benzene rings is 1. The molecule has 3 heteroatoms. The molecule has 0 atom stereocenters. The molecule has 1 aromatic rings. The zero-order valence-corrected chi connectivity index (χ0v) is 8.85. The summed E-state index contributed by atoms with van der Waals surface area (Å²) in [4.78, 5) is 10.2. The quantitative estimate of drug-likeness (QED) is 0.787. The molecule has 0 saturated carbocycles. The lowest BCUT2D eigenvalue weighted by molar-refractivity contribution is -0.105. The molecule has 0 aliphatic heterocycles. The Hall–Kier alpha value is -2.03. The lowest BCUT2D eigenvalue weighted by Crippen LogP contribution is -1.96. The number of carbonyl (C=O) groups excluding carboxylic acids is 1. The Morgan fingerprint density at radius 1 is 1.25 bits per heavy atom. The van der Waals surface area contributed by atoms with Gasteiger partial charge in [0.15, 0.2) is 0 Å². The minimum atomic E-state index is 0. The second-order valence-corrected chi connectivity index (χ2v) is 3.47. The third-order valence-electron chi connectivity index (χ3n) is 2.28. The first-order valence-corrected chi connectivity index (χ1v) is 5.23. The average Bonchev–Trinajstić information content (AvgIpc) is 2.33. The second-order valence-electron chi connectivity index (χ2n) is 3.47. The van der Waals surface area contributed by atoms with E-state index in [1.165, 1.54) is 0 Å². The Labute approximate surface area is 95.9 Å². The van der Waals surface area contributed by atoms with Crippen molar-refractivity contribution in [3.05, 3.63) is 48.3 Å². The van der Waals surface area contributed by atoms with Crippen molar-refractivity contribution < 1.29 is 11.0 Å². The number of ether oxygens (including phenoxy) is 1. The van der Waals surface area contributed by atoms with Crippen LogP contribution in [0.2, 0.25) is 0 Å². The molecular weight excluding hydrogens is 202 g/mol. The number of amides is 1. The molecule has 3 nitrogen and oxygen atoms in total. The minimum absolute atomic E-state index is 0. The van der Waals surface area contributed by atoms with Gasteiger partial charge in [0.1, 0.15) is 11.5 Å². The van der Waals surface area contributed by atoms with Gasteiger partial charge in [-0.1, -0.05) is 6.08 Å². The SMILES string of the molecule is O=CNc1ccc(OC2=CCCC=C2)cc1.[HH]. The van der Waals surface area contributed by atoms with Crippen molar-refractivity contribution in [2.24, 2.45) is 0 Å². The normalized spacial score (nSPS) is 14.1. The Bertz CT molecular complexity index is 424. The van der Waals surface area contributed by atoms with Gasteiger partial charge < -0.3 is 10.1 Å². The van der Waals surface area contributed by atoms with Gasteiger partial charge in [-0.15, -0.1) is 0 Å². The van der Waals surface area contributed by atoms with E-state index >= 15 is 0 Å². The summed E-state index contributed by atoms with van der Waals surface area (Å²) < 4.78 is 5.65. The summed E-state index contributed by atoms with van der Waals surface area (Å²) in [7, 11) is 0. The highest BCUT2D eigenvalue weighted by Gasteiger charge is 2.00. The number of anilines is 1. The molecule has 0 spiro atoms. The van der Waals surface area contributed by atoms with Gasteiger partial charge in [0.05, 0.1) is 0 Å². The summed E-state index contributed by atoms with van der Waals surface area (Å²) in [6.07, 6.45) is 8.89. The molecule has 0 fully saturated rings. The predicted octanol–water partition coefficient (Wildman–Crippen LogP) is 3.11. The van der Waals surface area contributed by atoms with E-state index in [4.69, 9.17) is 4.74 Å². The summed E-state index contributed by atoms with van der Waals surface area (Å²) in [6, 6.07) is 7.26. The summed E-state index contributed by atoms with van der Waals surface area (Å²) >= 11 is 0. The Kier molecular flexibility index (Phi) is 3.38. The van der Waals surface area contributed by atoms with Crippen molar-refractivity contribution in [1.29, 1.82) is 0 Å². The van der Waals surface area contributed by atoms with E-state index in [1.807, 2.05) is 18.2 Å². The molecule has 0 aromatic heterocycles. The van der Waals surface area contributed by atoms with Crippen LogP contribution in [0.25, 0.3) is 0 Å². The Morgan fingerprint density at radius 2 is 2.06 bits per heavy atom. The van der Waals surface area contributed by atoms with Gasteiger partial charge in [0.2, 0.25) is 6.41 Å². The van der Waals surface area contributed by atoms with Crippen LogP contribution in [-0.2, 0) is 4.79 Å². The Morgan fingerprint density at radius 3 is 2.69 bits per heavy atom. The maximum atomic E-state index is 10.2. The van der Waals surface area contributed by atoms with Gasteiger partial charge in [-0.25, -0.2) is 0 Å². The smallest absolute Gasteiger partial charge is 0.211 e. The number of hydrogen-bond donors (Lipinski definition) is 1. The van der Waals surface area contributed by atoms with Crippen LogP contribution in [0.3, 0.4) is 0 Å². The van der Waals surface area contributed by atoms with Gasteiger partial charge >= 0.3 is 0 Å².